The predicted octanol–water partition coefficient (Wildman–Crippen LogP) is 4.73. The third-order valence-electron chi connectivity index (χ3n) is 7.65. The Hall–Kier alpha value is -4.14. The van der Waals surface area contributed by atoms with Gasteiger partial charge in [-0.25, -0.2) is 0 Å². The minimum atomic E-state index is -0.718. The van der Waals surface area contributed by atoms with Crippen LogP contribution in [0.4, 0.5) is 0 Å². The van der Waals surface area contributed by atoms with E-state index in [1.54, 1.807) is 30.2 Å². The Morgan fingerprint density at radius 2 is 1.66 bits per heavy atom. The van der Waals surface area contributed by atoms with Gasteiger partial charge >= 0.3 is 0 Å². The molecule has 0 spiro atoms. The van der Waals surface area contributed by atoms with E-state index in [0.717, 1.165) is 36.3 Å². The zero-order valence-corrected chi connectivity index (χ0v) is 23.5. The van der Waals surface area contributed by atoms with Crippen molar-refractivity contribution in [3.63, 3.8) is 0 Å². The maximum absolute atomic E-state index is 13.5. The molecule has 2 aliphatic rings. The minimum absolute atomic E-state index is 0.0904. The predicted molar refractivity (Wildman–Crippen MR) is 156 cm³/mol. The molecule has 1 amide bonds. The summed E-state index contributed by atoms with van der Waals surface area (Å²) >= 11 is 0. The number of nitrogens with zero attached hydrogens (tertiary/aromatic N) is 2. The van der Waals surface area contributed by atoms with Crippen molar-refractivity contribution >= 4 is 17.4 Å². The van der Waals surface area contributed by atoms with Crippen LogP contribution in [0.1, 0.15) is 34.7 Å². The molecule has 1 atom stereocenters. The first-order valence-electron chi connectivity index (χ1n) is 14.0. The number of aryl methyl sites for hydroxylation is 1. The van der Waals surface area contributed by atoms with Crippen molar-refractivity contribution < 1.29 is 28.9 Å². The molecular weight excluding hydrogens is 520 g/mol. The van der Waals surface area contributed by atoms with Gasteiger partial charge in [0.15, 0.2) is 0 Å². The monoisotopic (exact) mass is 556 g/mol. The highest BCUT2D eigenvalue weighted by atomic mass is 16.5. The molecule has 2 aliphatic heterocycles. The third kappa shape index (κ3) is 6.45. The first-order chi connectivity index (χ1) is 20.0. The largest absolute Gasteiger partial charge is 0.507 e. The Balaban J connectivity index is 1.44. The molecule has 8 nitrogen and oxygen atoms in total. The summed E-state index contributed by atoms with van der Waals surface area (Å²) in [6, 6.07) is 21.8. The molecule has 1 N–H and O–H groups in total. The van der Waals surface area contributed by atoms with Gasteiger partial charge in [-0.2, -0.15) is 0 Å². The van der Waals surface area contributed by atoms with Gasteiger partial charge in [-0.15, -0.1) is 0 Å². The second kappa shape index (κ2) is 13.0. The van der Waals surface area contributed by atoms with E-state index in [4.69, 9.17) is 14.2 Å². The lowest BCUT2D eigenvalue weighted by molar-refractivity contribution is -0.140. The number of ether oxygens (including phenoxy) is 3. The van der Waals surface area contributed by atoms with Crippen molar-refractivity contribution in [1.29, 1.82) is 0 Å². The molecule has 0 aliphatic carbocycles. The second-order valence-electron chi connectivity index (χ2n) is 10.3. The molecule has 0 radical (unpaired) electrons. The topological polar surface area (TPSA) is 88.5 Å². The number of benzene rings is 3. The van der Waals surface area contributed by atoms with Gasteiger partial charge in [0.1, 0.15) is 23.9 Å². The summed E-state index contributed by atoms with van der Waals surface area (Å²) in [4.78, 5) is 30.7. The molecule has 41 heavy (non-hydrogen) atoms. The maximum atomic E-state index is 13.5. The van der Waals surface area contributed by atoms with E-state index in [0.29, 0.717) is 49.8 Å². The average Bonchev–Trinajstić information content (AvgIpc) is 3.26. The fourth-order valence-electron chi connectivity index (χ4n) is 5.41. The quantitative estimate of drug-likeness (QED) is 0.220. The van der Waals surface area contributed by atoms with E-state index in [2.05, 4.69) is 4.90 Å². The van der Waals surface area contributed by atoms with Crippen molar-refractivity contribution in [2.75, 3.05) is 46.5 Å². The van der Waals surface area contributed by atoms with Crippen molar-refractivity contribution in [2.24, 2.45) is 0 Å². The van der Waals surface area contributed by atoms with Gasteiger partial charge in [-0.05, 0) is 60.4 Å². The van der Waals surface area contributed by atoms with Crippen LogP contribution in [0, 0.1) is 6.92 Å². The van der Waals surface area contributed by atoms with Crippen molar-refractivity contribution in [1.82, 2.24) is 9.80 Å². The number of rotatable bonds is 10. The van der Waals surface area contributed by atoms with Crippen LogP contribution >= 0.6 is 0 Å². The Morgan fingerprint density at radius 1 is 0.951 bits per heavy atom. The molecule has 3 aromatic carbocycles. The van der Waals surface area contributed by atoms with Gasteiger partial charge in [0, 0.05) is 31.7 Å². The highest BCUT2D eigenvalue weighted by Crippen LogP contribution is 2.40. The van der Waals surface area contributed by atoms with Crippen LogP contribution in [0.2, 0.25) is 0 Å². The first kappa shape index (κ1) is 28.4. The Bertz CT molecular complexity index is 1400. The van der Waals surface area contributed by atoms with Gasteiger partial charge in [-0.3, -0.25) is 14.5 Å². The molecule has 3 aromatic rings. The van der Waals surface area contributed by atoms with E-state index < -0.39 is 17.7 Å². The Kier molecular flexibility index (Phi) is 9.01. The number of carbonyl (C=O) groups is 2. The summed E-state index contributed by atoms with van der Waals surface area (Å²) in [5, 5.41) is 11.5. The summed E-state index contributed by atoms with van der Waals surface area (Å²) in [6.07, 6.45) is 0.698. The van der Waals surface area contributed by atoms with E-state index in [9.17, 15) is 14.7 Å². The molecule has 1 unspecified atom stereocenters. The molecule has 2 saturated heterocycles. The van der Waals surface area contributed by atoms with Gasteiger partial charge in [0.05, 0.1) is 31.9 Å². The standard InChI is InChI=1S/C33H36N2O6/c1-23-21-27(39-2)13-14-28(23)31(36)29-30(25-9-11-26(12-10-25)41-22-24-7-4-3-5-8-24)35(33(38)32(29)37)16-6-15-34-17-19-40-20-18-34/h3-5,7-14,21,30,36H,6,15-20,22H2,1-2H3. The van der Waals surface area contributed by atoms with Crippen LogP contribution in [-0.2, 0) is 20.9 Å². The number of amides is 1. The lowest BCUT2D eigenvalue weighted by Gasteiger charge is -2.29. The van der Waals surface area contributed by atoms with Crippen LogP contribution in [0.25, 0.3) is 5.76 Å². The van der Waals surface area contributed by atoms with Gasteiger partial charge < -0.3 is 24.2 Å². The number of hydrogen-bond donors (Lipinski definition) is 1. The number of carbonyl (C=O) groups excluding carboxylic acids is 2. The van der Waals surface area contributed by atoms with Crippen molar-refractivity contribution in [3.8, 4) is 11.5 Å². The van der Waals surface area contributed by atoms with Crippen LogP contribution < -0.4 is 9.47 Å². The summed E-state index contributed by atoms with van der Waals surface area (Å²) in [5.41, 5.74) is 3.11. The average molecular weight is 557 g/mol. The molecule has 2 heterocycles. The van der Waals surface area contributed by atoms with Crippen molar-refractivity contribution in [2.45, 2.75) is 26.0 Å². The molecule has 0 saturated carbocycles. The molecule has 0 aromatic heterocycles. The van der Waals surface area contributed by atoms with E-state index in [1.165, 1.54) is 0 Å². The third-order valence-corrected chi connectivity index (χ3v) is 7.65. The minimum Gasteiger partial charge on any atom is -0.507 e. The number of ketones is 1. The van der Waals surface area contributed by atoms with E-state index >= 15 is 0 Å². The molecule has 2 fully saturated rings. The fourth-order valence-corrected chi connectivity index (χ4v) is 5.41. The van der Waals surface area contributed by atoms with E-state index in [-0.39, 0.29) is 11.3 Å². The number of Topliss-reactive ketones (excluding diaryl/α,β-unsaturated/α-hetero) is 1. The second-order valence-corrected chi connectivity index (χ2v) is 10.3. The first-order valence-corrected chi connectivity index (χ1v) is 14.0. The maximum Gasteiger partial charge on any atom is 0.295 e. The van der Waals surface area contributed by atoms with Gasteiger partial charge in [0.2, 0.25) is 0 Å². The summed E-state index contributed by atoms with van der Waals surface area (Å²) in [7, 11) is 1.57. The molecule has 8 heteroatoms. The Labute approximate surface area is 240 Å². The number of aliphatic hydroxyl groups excluding tert-OH is 1. The van der Waals surface area contributed by atoms with Gasteiger partial charge in [0.25, 0.3) is 11.7 Å². The molecule has 5 rings (SSSR count). The smallest absolute Gasteiger partial charge is 0.295 e. The van der Waals surface area contributed by atoms with Crippen molar-refractivity contribution in [3.05, 3.63) is 101 Å². The van der Waals surface area contributed by atoms with E-state index in [1.807, 2.05) is 61.5 Å². The van der Waals surface area contributed by atoms with Crippen LogP contribution in [0.15, 0.2) is 78.4 Å². The SMILES string of the molecule is COc1ccc(C(O)=C2C(=O)C(=O)N(CCCN3CCOCC3)C2c2ccc(OCc3ccccc3)cc2)c(C)c1. The highest BCUT2D eigenvalue weighted by molar-refractivity contribution is 6.46. The highest BCUT2D eigenvalue weighted by Gasteiger charge is 2.46. The van der Waals surface area contributed by atoms with Crippen LogP contribution in [0.3, 0.4) is 0 Å². The number of hydrogen-bond acceptors (Lipinski definition) is 7. The number of aliphatic hydroxyl groups is 1. The normalized spacial score (nSPS) is 19.0. The van der Waals surface area contributed by atoms with Crippen LogP contribution in [-0.4, -0.2) is 73.1 Å². The lowest BCUT2D eigenvalue weighted by atomic mass is 9.93. The summed E-state index contributed by atoms with van der Waals surface area (Å²) in [6.45, 7) is 6.54. The molecule has 214 valence electrons. The lowest BCUT2D eigenvalue weighted by Crippen LogP contribution is -2.38. The van der Waals surface area contributed by atoms with Crippen LogP contribution in [0.5, 0.6) is 11.5 Å². The molecular formula is C33H36N2O6. The fraction of sp³-hybridized carbons (Fsp3) is 0.333. The number of likely N-dealkylation sites (tertiary alicyclic amines) is 1. The zero-order chi connectivity index (χ0) is 28.8. The Morgan fingerprint density at radius 3 is 2.34 bits per heavy atom. The number of morpholine rings is 1. The zero-order valence-electron chi connectivity index (χ0n) is 23.5. The summed E-state index contributed by atoms with van der Waals surface area (Å²) < 4.78 is 16.7. The molecule has 0 bridgehead atoms. The van der Waals surface area contributed by atoms with Gasteiger partial charge in [-0.1, -0.05) is 42.5 Å². The summed E-state index contributed by atoms with van der Waals surface area (Å²) in [5.74, 6) is -0.153. The number of methoxy groups -OCH3 is 1.